The molecule has 1 aliphatic rings. The summed E-state index contributed by atoms with van der Waals surface area (Å²) < 4.78 is 11.3. The Morgan fingerprint density at radius 1 is 1.08 bits per heavy atom. The van der Waals surface area contributed by atoms with Gasteiger partial charge >= 0.3 is 0 Å². The molecule has 0 saturated carbocycles. The summed E-state index contributed by atoms with van der Waals surface area (Å²) >= 11 is 0. The molecule has 0 aromatic heterocycles. The van der Waals surface area contributed by atoms with Crippen molar-refractivity contribution in [1.29, 1.82) is 0 Å². The first-order valence-electron chi connectivity index (χ1n) is 9.38. The first-order chi connectivity index (χ1) is 12.7. The molecule has 4 nitrogen and oxygen atoms in total. The van der Waals surface area contributed by atoms with E-state index in [4.69, 9.17) is 9.47 Å². The summed E-state index contributed by atoms with van der Waals surface area (Å²) in [4.78, 5) is 14.1. The SMILES string of the molecule is CCC(=O)c1ccc(Cc2cccc(OCCN3CCOCC3)c2)cc1. The second kappa shape index (κ2) is 9.51. The lowest BCUT2D eigenvalue weighted by molar-refractivity contribution is 0.0322. The third kappa shape index (κ3) is 5.41. The van der Waals surface area contributed by atoms with Crippen molar-refractivity contribution in [2.45, 2.75) is 19.8 Å². The van der Waals surface area contributed by atoms with Crippen molar-refractivity contribution in [3.8, 4) is 5.75 Å². The van der Waals surface area contributed by atoms with Crippen LogP contribution < -0.4 is 4.74 Å². The Morgan fingerprint density at radius 2 is 1.85 bits per heavy atom. The van der Waals surface area contributed by atoms with E-state index in [1.165, 1.54) is 11.1 Å². The molecule has 0 amide bonds. The van der Waals surface area contributed by atoms with Crippen molar-refractivity contribution in [2.75, 3.05) is 39.5 Å². The molecule has 0 aliphatic carbocycles. The predicted molar refractivity (Wildman–Crippen MR) is 103 cm³/mol. The molecule has 1 heterocycles. The van der Waals surface area contributed by atoms with Crippen LogP contribution in [-0.2, 0) is 11.2 Å². The third-order valence-corrected chi connectivity index (χ3v) is 4.68. The molecular formula is C22H27NO3. The molecule has 1 fully saturated rings. The minimum absolute atomic E-state index is 0.187. The van der Waals surface area contributed by atoms with Gasteiger partial charge in [0.25, 0.3) is 0 Å². The Labute approximate surface area is 155 Å². The zero-order chi connectivity index (χ0) is 18.2. The minimum Gasteiger partial charge on any atom is -0.492 e. The van der Waals surface area contributed by atoms with E-state index in [0.717, 1.165) is 50.6 Å². The highest BCUT2D eigenvalue weighted by atomic mass is 16.5. The number of hydrogen-bond donors (Lipinski definition) is 0. The zero-order valence-electron chi connectivity index (χ0n) is 15.4. The fourth-order valence-electron chi connectivity index (χ4n) is 3.11. The number of rotatable bonds is 8. The number of benzene rings is 2. The molecule has 0 atom stereocenters. The summed E-state index contributed by atoms with van der Waals surface area (Å²) in [7, 11) is 0. The largest absolute Gasteiger partial charge is 0.492 e. The summed E-state index contributed by atoms with van der Waals surface area (Å²) in [5.41, 5.74) is 3.20. The molecule has 1 saturated heterocycles. The maximum atomic E-state index is 11.7. The molecule has 0 bridgehead atoms. The topological polar surface area (TPSA) is 38.8 Å². The van der Waals surface area contributed by atoms with Gasteiger partial charge in [-0.25, -0.2) is 0 Å². The van der Waals surface area contributed by atoms with E-state index in [9.17, 15) is 4.79 Å². The highest BCUT2D eigenvalue weighted by molar-refractivity contribution is 5.95. The average Bonchev–Trinajstić information content (AvgIpc) is 2.69. The second-order valence-corrected chi connectivity index (χ2v) is 6.60. The normalized spacial score (nSPS) is 15.0. The van der Waals surface area contributed by atoms with Gasteiger partial charge in [0.15, 0.2) is 5.78 Å². The highest BCUT2D eigenvalue weighted by Gasteiger charge is 2.10. The second-order valence-electron chi connectivity index (χ2n) is 6.60. The molecule has 2 aromatic carbocycles. The minimum atomic E-state index is 0.187. The Balaban J connectivity index is 1.52. The molecule has 0 unspecified atom stereocenters. The number of carbonyl (C=O) groups is 1. The fraction of sp³-hybridized carbons (Fsp3) is 0.409. The molecule has 0 radical (unpaired) electrons. The number of ether oxygens (including phenoxy) is 2. The third-order valence-electron chi connectivity index (χ3n) is 4.68. The molecule has 2 aromatic rings. The molecule has 26 heavy (non-hydrogen) atoms. The van der Waals surface area contributed by atoms with Crippen LogP contribution in [0.1, 0.15) is 34.8 Å². The van der Waals surface area contributed by atoms with Gasteiger partial charge in [0.1, 0.15) is 12.4 Å². The van der Waals surface area contributed by atoms with Crippen molar-refractivity contribution in [3.63, 3.8) is 0 Å². The maximum Gasteiger partial charge on any atom is 0.162 e. The van der Waals surface area contributed by atoms with Crippen LogP contribution in [0.15, 0.2) is 48.5 Å². The van der Waals surface area contributed by atoms with Gasteiger partial charge in [0.05, 0.1) is 13.2 Å². The van der Waals surface area contributed by atoms with Gasteiger partial charge in [-0.1, -0.05) is 43.3 Å². The first kappa shape index (κ1) is 18.6. The zero-order valence-corrected chi connectivity index (χ0v) is 15.4. The number of nitrogens with zero attached hydrogens (tertiary/aromatic N) is 1. The van der Waals surface area contributed by atoms with E-state index in [2.05, 4.69) is 17.0 Å². The van der Waals surface area contributed by atoms with Crippen LogP contribution in [-0.4, -0.2) is 50.1 Å². The quantitative estimate of drug-likeness (QED) is 0.680. The van der Waals surface area contributed by atoms with Crippen LogP contribution in [0.3, 0.4) is 0 Å². The van der Waals surface area contributed by atoms with Crippen molar-refractivity contribution in [2.24, 2.45) is 0 Å². The van der Waals surface area contributed by atoms with Gasteiger partial charge in [0, 0.05) is 31.6 Å². The highest BCUT2D eigenvalue weighted by Crippen LogP contribution is 2.17. The van der Waals surface area contributed by atoms with Crippen LogP contribution in [0.25, 0.3) is 0 Å². The predicted octanol–water partition coefficient (Wildman–Crippen LogP) is 3.58. The molecular weight excluding hydrogens is 326 g/mol. The lowest BCUT2D eigenvalue weighted by Gasteiger charge is -2.26. The number of carbonyl (C=O) groups excluding carboxylic acids is 1. The van der Waals surface area contributed by atoms with Crippen LogP contribution in [0, 0.1) is 0 Å². The Kier molecular flexibility index (Phi) is 6.81. The molecule has 0 N–H and O–H groups in total. The summed E-state index contributed by atoms with van der Waals surface area (Å²) in [6, 6.07) is 16.2. The molecule has 138 valence electrons. The van der Waals surface area contributed by atoms with Crippen LogP contribution >= 0.6 is 0 Å². The van der Waals surface area contributed by atoms with E-state index in [0.29, 0.717) is 13.0 Å². The van der Waals surface area contributed by atoms with E-state index < -0.39 is 0 Å². The van der Waals surface area contributed by atoms with Crippen molar-refractivity contribution in [1.82, 2.24) is 4.90 Å². The van der Waals surface area contributed by atoms with Crippen molar-refractivity contribution < 1.29 is 14.3 Å². The Morgan fingerprint density at radius 3 is 2.58 bits per heavy atom. The summed E-state index contributed by atoms with van der Waals surface area (Å²) in [6.07, 6.45) is 1.38. The van der Waals surface area contributed by atoms with E-state index >= 15 is 0 Å². The maximum absolute atomic E-state index is 11.7. The van der Waals surface area contributed by atoms with Crippen molar-refractivity contribution in [3.05, 3.63) is 65.2 Å². The van der Waals surface area contributed by atoms with Gasteiger partial charge < -0.3 is 9.47 Å². The van der Waals surface area contributed by atoms with Crippen LogP contribution in [0.5, 0.6) is 5.75 Å². The van der Waals surface area contributed by atoms with E-state index in [-0.39, 0.29) is 5.78 Å². The standard InChI is InChI=1S/C22H27NO3/c1-2-22(24)20-8-6-18(7-9-20)16-19-4-3-5-21(17-19)26-15-12-23-10-13-25-14-11-23/h3-9,17H,2,10-16H2,1H3. The van der Waals surface area contributed by atoms with Crippen molar-refractivity contribution >= 4 is 5.78 Å². The first-order valence-corrected chi connectivity index (χ1v) is 9.38. The van der Waals surface area contributed by atoms with Gasteiger partial charge in [0.2, 0.25) is 0 Å². The number of hydrogen-bond acceptors (Lipinski definition) is 4. The molecule has 0 spiro atoms. The monoisotopic (exact) mass is 353 g/mol. The van der Waals surface area contributed by atoms with Gasteiger partial charge in [-0.2, -0.15) is 0 Å². The molecule has 4 heteroatoms. The van der Waals surface area contributed by atoms with Gasteiger partial charge in [-0.15, -0.1) is 0 Å². The molecule has 3 rings (SSSR count). The van der Waals surface area contributed by atoms with Crippen LogP contribution in [0.4, 0.5) is 0 Å². The smallest absolute Gasteiger partial charge is 0.162 e. The number of ketones is 1. The molecule has 1 aliphatic heterocycles. The van der Waals surface area contributed by atoms with Crippen LogP contribution in [0.2, 0.25) is 0 Å². The fourth-order valence-corrected chi connectivity index (χ4v) is 3.11. The summed E-state index contributed by atoms with van der Waals surface area (Å²) in [6.45, 7) is 7.12. The average molecular weight is 353 g/mol. The van der Waals surface area contributed by atoms with Gasteiger partial charge in [-0.05, 0) is 29.7 Å². The number of Topliss-reactive ketones (excluding diaryl/α,β-unsaturated/α-hetero) is 1. The van der Waals surface area contributed by atoms with E-state index in [1.807, 2.05) is 43.3 Å². The Bertz CT molecular complexity index is 706. The number of morpholine rings is 1. The lowest BCUT2D eigenvalue weighted by atomic mass is 10.0. The van der Waals surface area contributed by atoms with E-state index in [1.54, 1.807) is 0 Å². The van der Waals surface area contributed by atoms with Gasteiger partial charge in [-0.3, -0.25) is 9.69 Å². The summed E-state index contributed by atoms with van der Waals surface area (Å²) in [5.74, 6) is 1.10. The lowest BCUT2D eigenvalue weighted by Crippen LogP contribution is -2.38. The Hall–Kier alpha value is -2.17. The summed E-state index contributed by atoms with van der Waals surface area (Å²) in [5, 5.41) is 0.